The minimum absolute atomic E-state index is 0.134. The molecule has 0 fully saturated rings. The highest BCUT2D eigenvalue weighted by molar-refractivity contribution is 6.16. The maximum Gasteiger partial charge on any atom is 0.135 e. The van der Waals surface area contributed by atoms with Crippen LogP contribution in [0.5, 0.6) is 0 Å². The van der Waals surface area contributed by atoms with E-state index in [0.29, 0.717) is 11.4 Å². The Bertz CT molecular complexity index is 1130. The Morgan fingerprint density at radius 2 is 1.06 bits per heavy atom. The summed E-state index contributed by atoms with van der Waals surface area (Å²) in [4.78, 5) is 0. The molecule has 0 amide bonds. The largest absolute Gasteiger partial charge is 0.206 e. The first-order chi connectivity index (χ1) is 14.9. The zero-order valence-electron chi connectivity index (χ0n) is 16.2. The fraction of sp³-hybridized carbons (Fsp3) is 0.0909. The molecule has 0 radical (unpaired) electrons. The van der Waals surface area contributed by atoms with Gasteiger partial charge in [-0.15, -0.1) is 11.6 Å². The van der Waals surface area contributed by atoms with Gasteiger partial charge in [0.25, 0.3) is 0 Å². The normalized spacial score (nSPS) is 10.4. The second-order valence-corrected chi connectivity index (χ2v) is 6.56. The molecule has 0 aliphatic rings. The Labute approximate surface area is 180 Å². The van der Waals surface area contributed by atoms with Gasteiger partial charge in [0.2, 0.25) is 0 Å². The summed E-state index contributed by atoms with van der Waals surface area (Å²) in [5.41, 5.74) is 1.32. The number of rotatable bonds is 3. The third-order valence-electron chi connectivity index (χ3n) is 4.09. The SMILES string of the molecule is Cc1ccc(-c2c(F)cccc2F)nn1.Fc1cccc(F)c1-c1ccc(CCl)nn1. The van der Waals surface area contributed by atoms with E-state index < -0.39 is 23.3 Å². The maximum atomic E-state index is 13.4. The summed E-state index contributed by atoms with van der Waals surface area (Å²) < 4.78 is 53.4. The molecular weight excluding hydrogens is 432 g/mol. The van der Waals surface area contributed by atoms with Crippen LogP contribution in [0, 0.1) is 30.2 Å². The molecule has 0 aliphatic carbocycles. The second kappa shape index (κ2) is 10.1. The van der Waals surface area contributed by atoms with Crippen molar-refractivity contribution < 1.29 is 17.6 Å². The van der Waals surface area contributed by atoms with Crippen molar-refractivity contribution in [1.29, 1.82) is 0 Å². The first-order valence-electron chi connectivity index (χ1n) is 8.98. The zero-order chi connectivity index (χ0) is 22.4. The molecule has 4 aromatic rings. The molecule has 4 nitrogen and oxygen atoms in total. The van der Waals surface area contributed by atoms with Gasteiger partial charge in [-0.25, -0.2) is 17.6 Å². The monoisotopic (exact) mass is 446 g/mol. The molecule has 158 valence electrons. The Kier molecular flexibility index (Phi) is 7.25. The van der Waals surface area contributed by atoms with Crippen LogP contribution in [0.2, 0.25) is 0 Å². The first-order valence-corrected chi connectivity index (χ1v) is 9.52. The average Bonchev–Trinajstić information content (AvgIpc) is 2.76. The third kappa shape index (κ3) is 5.40. The molecule has 0 saturated heterocycles. The number of aryl methyl sites for hydroxylation is 1. The van der Waals surface area contributed by atoms with E-state index in [4.69, 9.17) is 11.6 Å². The summed E-state index contributed by atoms with van der Waals surface area (Å²) in [5, 5.41) is 15.0. The lowest BCUT2D eigenvalue weighted by atomic mass is 10.1. The van der Waals surface area contributed by atoms with Crippen molar-refractivity contribution in [3.63, 3.8) is 0 Å². The number of halogens is 5. The highest BCUT2D eigenvalue weighted by Gasteiger charge is 2.13. The molecule has 0 N–H and O–H groups in total. The van der Waals surface area contributed by atoms with E-state index >= 15 is 0 Å². The quantitative estimate of drug-likeness (QED) is 0.291. The molecule has 0 atom stereocenters. The Morgan fingerprint density at radius 1 is 0.613 bits per heavy atom. The van der Waals surface area contributed by atoms with Crippen LogP contribution in [0.4, 0.5) is 17.6 Å². The number of hydrogen-bond donors (Lipinski definition) is 0. The highest BCUT2D eigenvalue weighted by Crippen LogP contribution is 2.24. The van der Waals surface area contributed by atoms with Gasteiger partial charge in [0.05, 0.1) is 39.8 Å². The van der Waals surface area contributed by atoms with Crippen LogP contribution < -0.4 is 0 Å². The lowest BCUT2D eigenvalue weighted by Gasteiger charge is -2.03. The van der Waals surface area contributed by atoms with Crippen LogP contribution in [0.3, 0.4) is 0 Å². The molecule has 4 rings (SSSR count). The highest BCUT2D eigenvalue weighted by atomic mass is 35.5. The molecule has 0 saturated carbocycles. The van der Waals surface area contributed by atoms with E-state index in [-0.39, 0.29) is 28.4 Å². The summed E-state index contributed by atoms with van der Waals surface area (Å²) >= 11 is 5.54. The van der Waals surface area contributed by atoms with Crippen molar-refractivity contribution in [2.75, 3.05) is 0 Å². The first kappa shape index (κ1) is 22.3. The van der Waals surface area contributed by atoms with E-state index in [0.717, 1.165) is 0 Å². The number of hydrogen-bond acceptors (Lipinski definition) is 4. The van der Waals surface area contributed by atoms with Crippen LogP contribution in [-0.2, 0) is 5.88 Å². The van der Waals surface area contributed by atoms with E-state index in [2.05, 4.69) is 20.4 Å². The summed E-state index contributed by atoms with van der Waals surface area (Å²) in [7, 11) is 0. The summed E-state index contributed by atoms with van der Waals surface area (Å²) in [6.45, 7) is 1.76. The minimum Gasteiger partial charge on any atom is -0.206 e. The average molecular weight is 447 g/mol. The van der Waals surface area contributed by atoms with Gasteiger partial charge in [0, 0.05) is 0 Å². The van der Waals surface area contributed by atoms with Crippen molar-refractivity contribution in [2.24, 2.45) is 0 Å². The van der Waals surface area contributed by atoms with Gasteiger partial charge in [-0.05, 0) is 55.5 Å². The lowest BCUT2D eigenvalue weighted by Crippen LogP contribution is -1.96. The van der Waals surface area contributed by atoms with Gasteiger partial charge >= 0.3 is 0 Å². The van der Waals surface area contributed by atoms with Crippen molar-refractivity contribution in [1.82, 2.24) is 20.4 Å². The molecule has 9 heteroatoms. The Balaban J connectivity index is 0.000000176. The Morgan fingerprint density at radius 3 is 1.42 bits per heavy atom. The molecule has 2 heterocycles. The fourth-order valence-electron chi connectivity index (χ4n) is 2.58. The van der Waals surface area contributed by atoms with Crippen LogP contribution in [0.15, 0.2) is 60.7 Å². The predicted octanol–water partition coefficient (Wildman–Crippen LogP) is 5.89. The molecule has 0 unspecified atom stereocenters. The molecule has 2 aromatic carbocycles. The minimum atomic E-state index is -0.659. The van der Waals surface area contributed by atoms with Crippen LogP contribution >= 0.6 is 11.6 Å². The van der Waals surface area contributed by atoms with Gasteiger partial charge < -0.3 is 0 Å². The smallest absolute Gasteiger partial charge is 0.135 e. The molecular formula is C22H15ClF4N4. The van der Waals surface area contributed by atoms with E-state index in [1.807, 2.05) is 0 Å². The fourth-order valence-corrected chi connectivity index (χ4v) is 2.72. The predicted molar refractivity (Wildman–Crippen MR) is 109 cm³/mol. The van der Waals surface area contributed by atoms with E-state index in [9.17, 15) is 17.6 Å². The Hall–Kier alpha value is -3.39. The van der Waals surface area contributed by atoms with E-state index in [1.165, 1.54) is 42.5 Å². The van der Waals surface area contributed by atoms with Crippen molar-refractivity contribution in [2.45, 2.75) is 12.8 Å². The lowest BCUT2D eigenvalue weighted by molar-refractivity contribution is 0.587. The van der Waals surface area contributed by atoms with E-state index in [1.54, 1.807) is 25.1 Å². The van der Waals surface area contributed by atoms with Crippen molar-refractivity contribution in [3.8, 4) is 22.5 Å². The van der Waals surface area contributed by atoms with Gasteiger partial charge in [-0.3, -0.25) is 0 Å². The standard InChI is InChI=1S/C11H7ClF2N2.C11H8F2N2/c12-6-7-4-5-10(16-15-7)11-8(13)2-1-3-9(11)14;1-7-5-6-10(15-14-7)11-8(12)3-2-4-9(11)13/h1-5H,6H2;2-6H,1H3. The topological polar surface area (TPSA) is 51.6 Å². The maximum absolute atomic E-state index is 13.4. The molecule has 0 bridgehead atoms. The van der Waals surface area contributed by atoms with Crippen LogP contribution in [0.25, 0.3) is 22.5 Å². The zero-order valence-corrected chi connectivity index (χ0v) is 16.9. The number of aromatic nitrogens is 4. The number of nitrogens with zero attached hydrogens (tertiary/aromatic N) is 4. The van der Waals surface area contributed by atoms with Crippen molar-refractivity contribution >= 4 is 11.6 Å². The summed E-state index contributed by atoms with van der Waals surface area (Å²) in [6, 6.07) is 13.6. The van der Waals surface area contributed by atoms with Gasteiger partial charge in [-0.2, -0.15) is 20.4 Å². The molecule has 0 aliphatic heterocycles. The number of benzene rings is 2. The molecule has 0 spiro atoms. The third-order valence-corrected chi connectivity index (χ3v) is 4.37. The summed E-state index contributed by atoms with van der Waals surface area (Å²) in [5.74, 6) is -2.37. The van der Waals surface area contributed by atoms with Crippen LogP contribution in [-0.4, -0.2) is 20.4 Å². The number of alkyl halides is 1. The summed E-state index contributed by atoms with van der Waals surface area (Å²) in [6.07, 6.45) is 0. The van der Waals surface area contributed by atoms with Crippen LogP contribution in [0.1, 0.15) is 11.4 Å². The van der Waals surface area contributed by atoms with Gasteiger partial charge in [0.15, 0.2) is 0 Å². The molecule has 31 heavy (non-hydrogen) atoms. The van der Waals surface area contributed by atoms with Gasteiger partial charge in [0.1, 0.15) is 23.3 Å². The van der Waals surface area contributed by atoms with Crippen molar-refractivity contribution in [3.05, 3.63) is 95.3 Å². The second-order valence-electron chi connectivity index (χ2n) is 6.30. The molecule has 2 aromatic heterocycles. The van der Waals surface area contributed by atoms with Gasteiger partial charge in [-0.1, -0.05) is 12.1 Å².